The fourth-order valence-corrected chi connectivity index (χ4v) is 3.66. The predicted molar refractivity (Wildman–Crippen MR) is 91.5 cm³/mol. The average Bonchev–Trinajstić information content (AvgIpc) is 2.59. The zero-order valence-corrected chi connectivity index (χ0v) is 15.2. The van der Waals surface area contributed by atoms with Crippen LogP contribution in [0.15, 0.2) is 58.3 Å². The van der Waals surface area contributed by atoms with Crippen molar-refractivity contribution in [2.75, 3.05) is 12.8 Å². The summed E-state index contributed by atoms with van der Waals surface area (Å²) >= 11 is 1.51. The Hall–Kier alpha value is -1.75. The third-order valence-electron chi connectivity index (χ3n) is 3.33. The number of benzene rings is 2. The summed E-state index contributed by atoms with van der Waals surface area (Å²) in [5, 5.41) is 10.1. The molecule has 0 aromatic heterocycles. The van der Waals surface area contributed by atoms with Crippen molar-refractivity contribution in [3.8, 4) is 5.75 Å². The summed E-state index contributed by atoms with van der Waals surface area (Å²) in [4.78, 5) is 0.307. The molecule has 2 rings (SSSR count). The van der Waals surface area contributed by atoms with Crippen molar-refractivity contribution >= 4 is 21.8 Å². The number of thioether (sulfide) groups is 1. The molecule has 2 aromatic carbocycles. The first-order valence-corrected chi connectivity index (χ1v) is 9.99. The van der Waals surface area contributed by atoms with Crippen molar-refractivity contribution in [3.05, 3.63) is 54.1 Å². The van der Waals surface area contributed by atoms with E-state index in [-0.39, 0.29) is 0 Å². The number of hydrogen-bond donors (Lipinski definition) is 2. The van der Waals surface area contributed by atoms with Crippen LogP contribution >= 0.6 is 11.8 Å². The maximum absolute atomic E-state index is 12.4. The number of aliphatic hydroxyl groups excluding tert-OH is 1. The highest BCUT2D eigenvalue weighted by molar-refractivity contribution is 7.98. The lowest BCUT2D eigenvalue weighted by molar-refractivity contribution is -0.275. The SMILES string of the molecule is CSc1ccc([C@H](O)CNS(=O)(=O)c2ccccc2OC(F)(F)F)cc1. The molecule has 0 amide bonds. The van der Waals surface area contributed by atoms with Gasteiger partial charge in [-0.3, -0.25) is 0 Å². The van der Waals surface area contributed by atoms with E-state index in [2.05, 4.69) is 9.46 Å². The molecule has 142 valence electrons. The van der Waals surface area contributed by atoms with E-state index in [0.29, 0.717) is 5.56 Å². The number of para-hydroxylation sites is 1. The van der Waals surface area contributed by atoms with Crippen LogP contribution in [0.5, 0.6) is 5.75 Å². The van der Waals surface area contributed by atoms with Gasteiger partial charge < -0.3 is 9.84 Å². The Bertz CT molecular complexity index is 839. The van der Waals surface area contributed by atoms with Crippen LogP contribution in [-0.4, -0.2) is 32.7 Å². The Morgan fingerprint density at radius 3 is 2.35 bits per heavy atom. The van der Waals surface area contributed by atoms with Gasteiger partial charge in [0.25, 0.3) is 0 Å². The largest absolute Gasteiger partial charge is 0.573 e. The van der Waals surface area contributed by atoms with Gasteiger partial charge in [-0.25, -0.2) is 13.1 Å². The van der Waals surface area contributed by atoms with Gasteiger partial charge in [0.2, 0.25) is 10.0 Å². The first kappa shape index (κ1) is 20.6. The molecule has 2 aromatic rings. The van der Waals surface area contributed by atoms with Crippen molar-refractivity contribution in [2.24, 2.45) is 0 Å². The molecule has 0 saturated heterocycles. The molecule has 0 fully saturated rings. The first-order chi connectivity index (χ1) is 12.1. The first-order valence-electron chi connectivity index (χ1n) is 7.29. The van der Waals surface area contributed by atoms with Gasteiger partial charge in [-0.05, 0) is 36.1 Å². The van der Waals surface area contributed by atoms with Crippen molar-refractivity contribution in [1.82, 2.24) is 4.72 Å². The van der Waals surface area contributed by atoms with Crippen LogP contribution in [0, 0.1) is 0 Å². The lowest BCUT2D eigenvalue weighted by atomic mass is 10.1. The summed E-state index contributed by atoms with van der Waals surface area (Å²) in [5.74, 6) is -0.841. The number of sulfonamides is 1. The molecular formula is C16H16F3NO4S2. The van der Waals surface area contributed by atoms with E-state index in [1.54, 1.807) is 24.3 Å². The topological polar surface area (TPSA) is 75.6 Å². The summed E-state index contributed by atoms with van der Waals surface area (Å²) in [5.41, 5.74) is 0.477. The second-order valence-electron chi connectivity index (χ2n) is 5.14. The molecule has 0 aliphatic rings. The van der Waals surface area contributed by atoms with Crippen molar-refractivity contribution in [2.45, 2.75) is 22.3 Å². The number of aliphatic hydroxyl groups is 1. The van der Waals surface area contributed by atoms with Crippen LogP contribution in [0.4, 0.5) is 13.2 Å². The van der Waals surface area contributed by atoms with Crippen LogP contribution in [0.1, 0.15) is 11.7 Å². The lowest BCUT2D eigenvalue weighted by Crippen LogP contribution is -2.29. The average molecular weight is 407 g/mol. The number of ether oxygens (including phenoxy) is 1. The van der Waals surface area contributed by atoms with Gasteiger partial charge >= 0.3 is 6.36 Å². The molecule has 0 aliphatic heterocycles. The molecule has 0 aliphatic carbocycles. The predicted octanol–water partition coefficient (Wildman–Crippen LogP) is 3.32. The van der Waals surface area contributed by atoms with Gasteiger partial charge in [0.1, 0.15) is 10.6 Å². The number of rotatable bonds is 7. The summed E-state index contributed by atoms with van der Waals surface area (Å²) in [6.07, 6.45) is -4.29. The Balaban J connectivity index is 2.13. The van der Waals surface area contributed by atoms with Crippen LogP contribution in [0.2, 0.25) is 0 Å². The fraction of sp³-hybridized carbons (Fsp3) is 0.250. The number of alkyl halides is 3. The van der Waals surface area contributed by atoms with E-state index >= 15 is 0 Å². The van der Waals surface area contributed by atoms with Crippen LogP contribution in [0.3, 0.4) is 0 Å². The molecule has 1 atom stereocenters. The highest BCUT2D eigenvalue weighted by Gasteiger charge is 2.34. The summed E-state index contributed by atoms with van der Waals surface area (Å²) in [6.45, 7) is -0.401. The van der Waals surface area contributed by atoms with E-state index in [0.717, 1.165) is 17.0 Å². The van der Waals surface area contributed by atoms with Gasteiger partial charge in [-0.1, -0.05) is 24.3 Å². The minimum Gasteiger partial charge on any atom is -0.404 e. The Kier molecular flexibility index (Phi) is 6.56. The zero-order valence-electron chi connectivity index (χ0n) is 13.5. The van der Waals surface area contributed by atoms with Gasteiger partial charge in [0.05, 0.1) is 6.10 Å². The van der Waals surface area contributed by atoms with E-state index < -0.39 is 39.7 Å². The minimum atomic E-state index is -5.02. The molecule has 10 heteroatoms. The minimum absolute atomic E-state index is 0.401. The fourth-order valence-electron chi connectivity index (χ4n) is 2.09. The molecule has 0 saturated carbocycles. The Morgan fingerprint density at radius 2 is 1.77 bits per heavy atom. The van der Waals surface area contributed by atoms with Gasteiger partial charge in [0.15, 0.2) is 0 Å². The van der Waals surface area contributed by atoms with Crippen molar-refractivity contribution in [1.29, 1.82) is 0 Å². The normalized spacial score (nSPS) is 13.4. The smallest absolute Gasteiger partial charge is 0.404 e. The molecule has 0 unspecified atom stereocenters. The molecule has 2 N–H and O–H groups in total. The quantitative estimate of drug-likeness (QED) is 0.689. The third-order valence-corrected chi connectivity index (χ3v) is 5.54. The standard InChI is InChI=1S/C16H16F3NO4S2/c1-25-12-8-6-11(7-9-12)13(21)10-20-26(22,23)15-5-3-2-4-14(15)24-16(17,18)19/h2-9,13,20-21H,10H2,1H3/t13-/m1/s1. The number of hydrogen-bond acceptors (Lipinski definition) is 5. The van der Waals surface area contributed by atoms with Crippen molar-refractivity contribution < 1.29 is 31.4 Å². The zero-order chi connectivity index (χ0) is 19.4. The summed E-state index contributed by atoms with van der Waals surface area (Å²) < 4.78 is 67.7. The molecule has 0 radical (unpaired) electrons. The molecule has 0 bridgehead atoms. The van der Waals surface area contributed by atoms with E-state index in [4.69, 9.17) is 0 Å². The number of halogens is 3. The lowest BCUT2D eigenvalue weighted by Gasteiger charge is -2.16. The third kappa shape index (κ3) is 5.63. The summed E-state index contributed by atoms with van der Waals surface area (Å²) in [7, 11) is -4.32. The second-order valence-corrected chi connectivity index (χ2v) is 7.75. The van der Waals surface area contributed by atoms with Crippen molar-refractivity contribution in [3.63, 3.8) is 0 Å². The molecule has 0 heterocycles. The molecule has 0 spiro atoms. The second kappa shape index (κ2) is 8.30. The Morgan fingerprint density at radius 1 is 1.15 bits per heavy atom. The monoisotopic (exact) mass is 407 g/mol. The van der Waals surface area contributed by atoms with Crippen LogP contribution in [-0.2, 0) is 10.0 Å². The molecular weight excluding hydrogens is 391 g/mol. The van der Waals surface area contributed by atoms with Crippen LogP contribution < -0.4 is 9.46 Å². The van der Waals surface area contributed by atoms with E-state index in [1.165, 1.54) is 23.9 Å². The Labute approximate surface area is 153 Å². The molecule has 26 heavy (non-hydrogen) atoms. The summed E-state index contributed by atoms with van der Waals surface area (Å²) in [6, 6.07) is 11.2. The highest BCUT2D eigenvalue weighted by atomic mass is 32.2. The number of nitrogens with one attached hydrogen (secondary N) is 1. The van der Waals surface area contributed by atoms with Gasteiger partial charge in [0, 0.05) is 11.4 Å². The van der Waals surface area contributed by atoms with Gasteiger partial charge in [-0.2, -0.15) is 0 Å². The maximum Gasteiger partial charge on any atom is 0.573 e. The van der Waals surface area contributed by atoms with Gasteiger partial charge in [-0.15, -0.1) is 24.9 Å². The molecule has 5 nitrogen and oxygen atoms in total. The highest BCUT2D eigenvalue weighted by Crippen LogP contribution is 2.29. The maximum atomic E-state index is 12.4. The van der Waals surface area contributed by atoms with E-state index in [1.807, 2.05) is 6.26 Å². The van der Waals surface area contributed by atoms with E-state index in [9.17, 15) is 26.7 Å². The van der Waals surface area contributed by atoms with Crippen LogP contribution in [0.25, 0.3) is 0 Å².